The van der Waals surface area contributed by atoms with Gasteiger partial charge >= 0.3 is 0 Å². The number of nitrogens with one attached hydrogen (secondary N) is 1. The molecule has 14 heavy (non-hydrogen) atoms. The van der Waals surface area contributed by atoms with Crippen molar-refractivity contribution < 1.29 is 0 Å². The van der Waals surface area contributed by atoms with E-state index in [4.69, 9.17) is 5.73 Å². The van der Waals surface area contributed by atoms with Crippen molar-refractivity contribution in [2.45, 2.75) is 13.0 Å². The Labute approximate surface area is 86.8 Å². The second-order valence-electron chi connectivity index (χ2n) is 3.14. The van der Waals surface area contributed by atoms with Crippen molar-refractivity contribution in [3.05, 3.63) is 23.5 Å². The predicted molar refractivity (Wildman–Crippen MR) is 58.4 cm³/mol. The first-order valence-corrected chi connectivity index (χ1v) is 5.60. The number of hydrogen-bond donors (Lipinski definition) is 2. The lowest BCUT2D eigenvalue weighted by Crippen LogP contribution is -2.17. The maximum absolute atomic E-state index is 5.39. The first-order valence-electron chi connectivity index (χ1n) is 4.72. The number of hydrogen-bond acceptors (Lipinski definition) is 4. The highest BCUT2D eigenvalue weighted by molar-refractivity contribution is 7.15. The fraction of sp³-hybridized carbons (Fsp3) is 0.444. The Morgan fingerprint density at radius 1 is 1.57 bits per heavy atom. The molecule has 0 fully saturated rings. The van der Waals surface area contributed by atoms with Crippen LogP contribution in [-0.4, -0.2) is 22.5 Å². The molecule has 5 heteroatoms. The van der Waals surface area contributed by atoms with Crippen molar-refractivity contribution in [2.75, 3.05) is 13.1 Å². The van der Waals surface area contributed by atoms with Crippen molar-refractivity contribution in [1.82, 2.24) is 14.7 Å². The third kappa shape index (κ3) is 2.12. The van der Waals surface area contributed by atoms with Gasteiger partial charge in [-0.1, -0.05) is 0 Å². The van der Waals surface area contributed by atoms with Crippen molar-refractivity contribution in [3.8, 4) is 0 Å². The third-order valence-electron chi connectivity index (χ3n) is 2.01. The van der Waals surface area contributed by atoms with Crippen molar-refractivity contribution >= 4 is 16.3 Å². The summed E-state index contributed by atoms with van der Waals surface area (Å²) in [6.45, 7) is 2.53. The lowest BCUT2D eigenvalue weighted by atomic mass is 10.4. The van der Waals surface area contributed by atoms with Gasteiger partial charge in [0.05, 0.1) is 5.69 Å². The number of nitrogens with two attached hydrogens (primary N) is 1. The molecule has 0 saturated heterocycles. The molecule has 2 rings (SSSR count). The van der Waals surface area contributed by atoms with E-state index in [1.807, 2.05) is 16.0 Å². The van der Waals surface area contributed by atoms with E-state index in [0.717, 1.165) is 36.7 Å². The van der Waals surface area contributed by atoms with Gasteiger partial charge in [-0.3, -0.25) is 4.40 Å². The molecule has 3 N–H and O–H groups in total. The van der Waals surface area contributed by atoms with Crippen molar-refractivity contribution in [3.63, 3.8) is 0 Å². The Morgan fingerprint density at radius 3 is 3.29 bits per heavy atom. The van der Waals surface area contributed by atoms with E-state index < -0.39 is 0 Å². The molecule has 2 aromatic rings. The van der Waals surface area contributed by atoms with Crippen LogP contribution in [0.5, 0.6) is 0 Å². The summed E-state index contributed by atoms with van der Waals surface area (Å²) in [7, 11) is 0. The van der Waals surface area contributed by atoms with Crippen LogP contribution in [0.15, 0.2) is 17.8 Å². The van der Waals surface area contributed by atoms with Crippen molar-refractivity contribution in [1.29, 1.82) is 0 Å². The van der Waals surface area contributed by atoms with Crippen LogP contribution >= 0.6 is 11.3 Å². The van der Waals surface area contributed by atoms with E-state index in [2.05, 4.69) is 16.5 Å². The minimum atomic E-state index is 0.741. The van der Waals surface area contributed by atoms with E-state index in [-0.39, 0.29) is 0 Å². The summed E-state index contributed by atoms with van der Waals surface area (Å²) >= 11 is 1.66. The van der Waals surface area contributed by atoms with Gasteiger partial charge in [-0.15, -0.1) is 11.3 Å². The molecule has 0 spiro atoms. The maximum atomic E-state index is 5.39. The second kappa shape index (κ2) is 4.54. The molecule has 0 aliphatic carbocycles. The minimum absolute atomic E-state index is 0.741. The predicted octanol–water partition coefficient (Wildman–Crippen LogP) is 0.834. The van der Waals surface area contributed by atoms with Crippen LogP contribution in [0.2, 0.25) is 0 Å². The lowest BCUT2D eigenvalue weighted by molar-refractivity contribution is 0.648. The summed E-state index contributed by atoms with van der Waals surface area (Å²) in [5.74, 6) is 0. The monoisotopic (exact) mass is 210 g/mol. The zero-order valence-corrected chi connectivity index (χ0v) is 8.76. The van der Waals surface area contributed by atoms with E-state index in [9.17, 15) is 0 Å². The van der Waals surface area contributed by atoms with Crippen LogP contribution in [0.4, 0.5) is 0 Å². The van der Waals surface area contributed by atoms with Gasteiger partial charge in [0, 0.05) is 24.3 Å². The molecule has 0 amide bonds. The number of fused-ring (bicyclic) bond motifs is 1. The molecular formula is C9H14N4S. The Bertz CT molecular complexity index is 364. The molecule has 0 bridgehead atoms. The number of nitrogens with zero attached hydrogens (tertiary/aromatic N) is 2. The molecule has 0 unspecified atom stereocenters. The first kappa shape index (κ1) is 9.64. The molecule has 2 heterocycles. The summed E-state index contributed by atoms with van der Waals surface area (Å²) in [5.41, 5.74) is 6.49. The Kier molecular flexibility index (Phi) is 3.13. The van der Waals surface area contributed by atoms with E-state index in [1.165, 1.54) is 0 Å². The number of aromatic nitrogens is 2. The van der Waals surface area contributed by atoms with Crippen LogP contribution in [0, 0.1) is 0 Å². The SMILES string of the molecule is NCCCNCc1cn2ccsc2n1. The van der Waals surface area contributed by atoms with Crippen LogP contribution in [-0.2, 0) is 6.54 Å². The van der Waals surface area contributed by atoms with E-state index in [1.54, 1.807) is 11.3 Å². The highest BCUT2D eigenvalue weighted by Crippen LogP contribution is 2.10. The van der Waals surface area contributed by atoms with Gasteiger partial charge < -0.3 is 11.1 Å². The molecule has 0 atom stereocenters. The Hall–Kier alpha value is -0.910. The molecule has 4 nitrogen and oxygen atoms in total. The zero-order valence-electron chi connectivity index (χ0n) is 7.94. The smallest absolute Gasteiger partial charge is 0.193 e. The molecule has 0 aromatic carbocycles. The van der Waals surface area contributed by atoms with Gasteiger partial charge in [0.1, 0.15) is 0 Å². The number of rotatable bonds is 5. The van der Waals surface area contributed by atoms with Gasteiger partial charge in [0.15, 0.2) is 4.96 Å². The molecule has 2 aromatic heterocycles. The van der Waals surface area contributed by atoms with Crippen molar-refractivity contribution in [2.24, 2.45) is 5.73 Å². The maximum Gasteiger partial charge on any atom is 0.193 e. The summed E-state index contributed by atoms with van der Waals surface area (Å²) < 4.78 is 2.05. The fourth-order valence-electron chi connectivity index (χ4n) is 1.30. The highest BCUT2D eigenvalue weighted by atomic mass is 32.1. The van der Waals surface area contributed by atoms with Crippen LogP contribution in [0.1, 0.15) is 12.1 Å². The summed E-state index contributed by atoms with van der Waals surface area (Å²) in [5, 5.41) is 5.34. The highest BCUT2D eigenvalue weighted by Gasteiger charge is 2.00. The summed E-state index contributed by atoms with van der Waals surface area (Å²) in [4.78, 5) is 5.51. The zero-order chi connectivity index (χ0) is 9.80. The number of imidazole rings is 1. The second-order valence-corrected chi connectivity index (χ2v) is 4.02. The minimum Gasteiger partial charge on any atom is -0.330 e. The topological polar surface area (TPSA) is 55.3 Å². The van der Waals surface area contributed by atoms with Gasteiger partial charge in [-0.25, -0.2) is 4.98 Å². The van der Waals surface area contributed by atoms with Crippen LogP contribution < -0.4 is 11.1 Å². The van der Waals surface area contributed by atoms with Crippen LogP contribution in [0.25, 0.3) is 4.96 Å². The average Bonchev–Trinajstić information content (AvgIpc) is 2.72. The normalized spacial score (nSPS) is 11.2. The van der Waals surface area contributed by atoms with E-state index >= 15 is 0 Å². The molecule has 0 radical (unpaired) electrons. The van der Waals surface area contributed by atoms with Crippen LogP contribution in [0.3, 0.4) is 0 Å². The Balaban J connectivity index is 1.89. The number of thiazole rings is 1. The third-order valence-corrected chi connectivity index (χ3v) is 2.78. The first-order chi connectivity index (χ1) is 6.90. The summed E-state index contributed by atoms with van der Waals surface area (Å²) in [6, 6.07) is 0. The van der Waals surface area contributed by atoms with Gasteiger partial charge in [0.25, 0.3) is 0 Å². The molecule has 76 valence electrons. The quantitative estimate of drug-likeness (QED) is 0.719. The summed E-state index contributed by atoms with van der Waals surface area (Å²) in [6.07, 6.45) is 5.10. The molecular weight excluding hydrogens is 196 g/mol. The van der Waals surface area contributed by atoms with Gasteiger partial charge in [-0.2, -0.15) is 0 Å². The average molecular weight is 210 g/mol. The molecule has 0 aliphatic heterocycles. The Morgan fingerprint density at radius 2 is 2.50 bits per heavy atom. The molecule has 0 aliphatic rings. The van der Waals surface area contributed by atoms with Gasteiger partial charge in [0.2, 0.25) is 0 Å². The van der Waals surface area contributed by atoms with Gasteiger partial charge in [-0.05, 0) is 19.5 Å². The van der Waals surface area contributed by atoms with E-state index in [0.29, 0.717) is 0 Å². The standard InChI is InChI=1S/C9H14N4S/c10-2-1-3-11-6-8-7-13-4-5-14-9(13)12-8/h4-5,7,11H,1-3,6,10H2. The fourth-order valence-corrected chi connectivity index (χ4v) is 2.02. The lowest BCUT2D eigenvalue weighted by Gasteiger charge is -1.99. The largest absolute Gasteiger partial charge is 0.330 e. The molecule has 0 saturated carbocycles.